The van der Waals surface area contributed by atoms with E-state index in [4.69, 9.17) is 28.5 Å². The Morgan fingerprint density at radius 2 is 0.676 bits per heavy atom. The molecule has 190 valence electrons. The average molecular weight is 867 g/mol. The van der Waals surface area contributed by atoms with Crippen molar-refractivity contribution in [2.45, 2.75) is 52.2 Å². The molecule has 0 aliphatic carbocycles. The van der Waals surface area contributed by atoms with E-state index in [1.807, 2.05) is 13.8 Å². The fourth-order valence-corrected chi connectivity index (χ4v) is 3.26. The first-order valence-electron chi connectivity index (χ1n) is 9.97. The van der Waals surface area contributed by atoms with E-state index in [1.54, 1.807) is 0 Å². The maximum absolute atomic E-state index is 5.68. The number of unbranched alkanes of at least 4 members (excludes halogenated alkanes) is 2. The molecule has 3 heterocycles. The zero-order valence-electron chi connectivity index (χ0n) is 17.8. The van der Waals surface area contributed by atoms with Crippen LogP contribution in [0.3, 0.4) is 0 Å². The molecule has 0 aromatic heterocycles. The third-order valence-corrected chi connectivity index (χ3v) is 8.81. The largest absolute Gasteiger partial charge is 0.609 e. The summed E-state index contributed by atoms with van der Waals surface area (Å²) >= 11 is 19.6. The van der Waals surface area contributed by atoms with Gasteiger partial charge < -0.3 is 28.5 Å². The van der Waals surface area contributed by atoms with E-state index in [-0.39, 0.29) is 40.4 Å². The molecule has 0 fully saturated rings. The third kappa shape index (κ3) is 9.05. The summed E-state index contributed by atoms with van der Waals surface area (Å²) in [5.41, 5.74) is 0. The van der Waals surface area contributed by atoms with Crippen molar-refractivity contribution in [1.82, 2.24) is 0 Å². The van der Waals surface area contributed by atoms with Gasteiger partial charge in [-0.3, -0.25) is 0 Å². The van der Waals surface area contributed by atoms with Crippen molar-refractivity contribution < 1.29 is 28.5 Å². The minimum atomic E-state index is -2.70. The van der Waals surface area contributed by atoms with Crippen LogP contribution in [0.15, 0.2) is 30.9 Å². The monoisotopic (exact) mass is 862 g/mol. The minimum Gasteiger partial charge on any atom is -0.539 e. The smallest absolute Gasteiger partial charge is 0.539 e. The van der Waals surface area contributed by atoms with Gasteiger partial charge in [-0.05, 0) is 95.6 Å². The van der Waals surface area contributed by atoms with Gasteiger partial charge in [0, 0.05) is 0 Å². The Kier molecular flexibility index (Phi) is 12.9. The van der Waals surface area contributed by atoms with Crippen LogP contribution >= 0.6 is 95.6 Å². The Morgan fingerprint density at radius 1 is 0.471 bits per heavy atom. The molecule has 3 rings (SSSR count). The fraction of sp³-hybridized carbons (Fsp3) is 0.571. The summed E-state index contributed by atoms with van der Waals surface area (Å²) in [5, 5.41) is 24.1. The Morgan fingerprint density at radius 3 is 0.853 bits per heavy atom. The number of rotatable bonds is 6. The number of hydrogen-bond acceptors (Lipinski definition) is 12. The molecule has 0 unspecified atom stereocenters. The molecule has 3 aliphatic rings. The van der Waals surface area contributed by atoms with Gasteiger partial charge >= 0.3 is 13.5 Å². The van der Waals surface area contributed by atoms with Crippen LogP contribution in [0.2, 0.25) is 12.6 Å². The maximum Gasteiger partial charge on any atom is 0.609 e. The molecule has 34 heavy (non-hydrogen) atoms. The topological polar surface area (TPSA) is 130 Å². The Labute approximate surface area is 246 Å². The molecule has 0 atom stereocenters. The van der Waals surface area contributed by atoms with Crippen molar-refractivity contribution in [3.05, 3.63) is 0 Å². The molecule has 20 heteroatoms. The van der Waals surface area contributed by atoms with Crippen LogP contribution < -0.4 is 0 Å². The van der Waals surface area contributed by atoms with Crippen LogP contribution in [-0.4, -0.2) is 41.2 Å². The number of nitrogens with zero attached hydrogens (tertiary/aromatic N) is 6. The van der Waals surface area contributed by atoms with Crippen molar-refractivity contribution in [2.75, 3.05) is 0 Å². The van der Waals surface area contributed by atoms with Crippen LogP contribution in [-0.2, 0) is 28.5 Å². The number of hydrogen-bond donors (Lipinski definition) is 0. The van der Waals surface area contributed by atoms with Gasteiger partial charge in [0.05, 0.1) is 0 Å². The van der Waals surface area contributed by atoms with E-state index in [2.05, 4.69) is 127 Å². The molecule has 0 saturated carbocycles. The maximum atomic E-state index is 5.68. The van der Waals surface area contributed by atoms with Crippen molar-refractivity contribution in [1.29, 1.82) is 0 Å². The van der Waals surface area contributed by atoms with E-state index in [9.17, 15) is 0 Å². The number of oxime groups is 6. The molecule has 12 nitrogen and oxygen atoms in total. The van der Waals surface area contributed by atoms with E-state index in [0.717, 1.165) is 12.8 Å². The van der Waals surface area contributed by atoms with Crippen LogP contribution in [0.5, 0.6) is 0 Å². The van der Waals surface area contributed by atoms with Crippen molar-refractivity contribution >= 4 is 137 Å². The molecule has 3 aliphatic heterocycles. The van der Waals surface area contributed by atoms with Gasteiger partial charge in [-0.25, -0.2) is 0 Å². The highest BCUT2D eigenvalue weighted by molar-refractivity contribution is 9.25. The second-order valence-electron chi connectivity index (χ2n) is 6.79. The molecular formula is C14H18B2Br6N6O6-2. The molecule has 0 saturated heterocycles. The van der Waals surface area contributed by atoms with E-state index < -0.39 is 13.5 Å². The quantitative estimate of drug-likeness (QED) is 0.269. The summed E-state index contributed by atoms with van der Waals surface area (Å²) < 4.78 is 34.8. The standard InChI is InChI=1S/C14H18B2Br6N6O6/c1-3-5-7-15-29-23-9(17)12(20)26-32-16(8-6-4-2,33-27-13(21)10(18)24-30-15)34-28-14(22)11(19)25-31-15/h3-8H2,1-2H3/q-2/b23-9-,24-10-,25-11-,26-12-,27-13?,28-14?. The van der Waals surface area contributed by atoms with Gasteiger partial charge in [-0.2, -0.15) is 0 Å². The first kappa shape index (κ1) is 30.1. The van der Waals surface area contributed by atoms with Crippen molar-refractivity contribution in [2.24, 2.45) is 30.9 Å². The number of fused-ring (bicyclic) bond motifs is 9. The van der Waals surface area contributed by atoms with Crippen LogP contribution in [0.25, 0.3) is 0 Å². The minimum absolute atomic E-state index is 0.122. The molecular weight excluding hydrogens is 849 g/mol. The predicted molar refractivity (Wildman–Crippen MR) is 156 cm³/mol. The second-order valence-corrected chi connectivity index (χ2v) is 11.3. The van der Waals surface area contributed by atoms with Crippen LogP contribution in [0, 0.1) is 0 Å². The Hall–Kier alpha value is -0.170. The summed E-state index contributed by atoms with van der Waals surface area (Å²) in [6, 6.07) is 0. The van der Waals surface area contributed by atoms with Crippen molar-refractivity contribution in [3.8, 4) is 0 Å². The van der Waals surface area contributed by atoms with E-state index >= 15 is 0 Å². The van der Waals surface area contributed by atoms with Crippen LogP contribution in [0.4, 0.5) is 0 Å². The van der Waals surface area contributed by atoms with Crippen molar-refractivity contribution in [3.63, 3.8) is 0 Å². The Bertz CT molecular complexity index is 747. The first-order valence-corrected chi connectivity index (χ1v) is 14.7. The highest BCUT2D eigenvalue weighted by Crippen LogP contribution is 2.26. The molecule has 0 aromatic rings. The van der Waals surface area contributed by atoms with Gasteiger partial charge in [0.25, 0.3) is 0 Å². The van der Waals surface area contributed by atoms with Gasteiger partial charge in [0.2, 0.25) is 0 Å². The fourth-order valence-electron chi connectivity index (χ4n) is 2.33. The summed E-state index contributed by atoms with van der Waals surface area (Å²) in [7, 11) is 0. The zero-order valence-corrected chi connectivity index (χ0v) is 27.3. The predicted octanol–water partition coefficient (Wildman–Crippen LogP) is 6.84. The lowest BCUT2D eigenvalue weighted by atomic mass is 9.73. The summed E-state index contributed by atoms with van der Waals surface area (Å²) in [5.74, 6) is 0. The second kappa shape index (κ2) is 14.5. The highest BCUT2D eigenvalue weighted by atomic mass is 79.9. The van der Waals surface area contributed by atoms with E-state index in [0.29, 0.717) is 12.8 Å². The highest BCUT2D eigenvalue weighted by Gasteiger charge is 2.40. The van der Waals surface area contributed by atoms with E-state index in [1.165, 1.54) is 0 Å². The summed E-state index contributed by atoms with van der Waals surface area (Å²) in [6.45, 7) is -1.41. The molecule has 0 amide bonds. The lowest BCUT2D eigenvalue weighted by Crippen LogP contribution is -2.44. The molecule has 0 N–H and O–H groups in total. The molecule has 0 spiro atoms. The lowest BCUT2D eigenvalue weighted by molar-refractivity contribution is 0.0634. The number of halogens is 6. The normalized spacial score (nSPS) is 32.2. The van der Waals surface area contributed by atoms with Gasteiger partial charge in [-0.1, -0.05) is 52.2 Å². The van der Waals surface area contributed by atoms with Gasteiger partial charge in [0.1, 0.15) is 0 Å². The summed E-state index contributed by atoms with van der Waals surface area (Å²) in [4.78, 5) is 0. The Balaban J connectivity index is 2.73. The molecule has 2 bridgehead atoms. The average Bonchev–Trinajstić information content (AvgIpc) is 2.84. The van der Waals surface area contributed by atoms with Gasteiger partial charge in [-0.15, -0.1) is 30.9 Å². The van der Waals surface area contributed by atoms with Crippen LogP contribution in [0.1, 0.15) is 39.5 Å². The first-order chi connectivity index (χ1) is 16.2. The zero-order chi connectivity index (χ0) is 25.2. The molecule has 0 radical (unpaired) electrons. The summed E-state index contributed by atoms with van der Waals surface area (Å²) in [6.07, 6.45) is 3.39. The van der Waals surface area contributed by atoms with Gasteiger partial charge in [0.15, 0.2) is 27.7 Å². The third-order valence-electron chi connectivity index (χ3n) is 4.09. The lowest BCUT2D eigenvalue weighted by Gasteiger charge is -2.36. The molecule has 0 aromatic carbocycles. The SMILES string of the molecule is CCCC[B-]12ON=C(Br)/C(Br)=N/O[B-](CCCC)(O/N=C(\Br)C(Br)=NO1)O/N=C(Br)/C(Br)=N/O2.